The van der Waals surface area contributed by atoms with E-state index in [-0.39, 0.29) is 6.03 Å². The summed E-state index contributed by atoms with van der Waals surface area (Å²) in [5.41, 5.74) is -0.682. The smallest absolute Gasteiger partial charge is 0.320 e. The van der Waals surface area contributed by atoms with Gasteiger partial charge in [0, 0.05) is 32.8 Å². The number of hydrogen-bond donors (Lipinski definition) is 1. The van der Waals surface area contributed by atoms with Gasteiger partial charge in [0.2, 0.25) is 0 Å². The van der Waals surface area contributed by atoms with Crippen molar-refractivity contribution in [3.8, 4) is 0 Å². The van der Waals surface area contributed by atoms with Crippen LogP contribution < -0.4 is 0 Å². The van der Waals surface area contributed by atoms with Crippen LogP contribution in [0.4, 0.5) is 4.79 Å². The van der Waals surface area contributed by atoms with E-state index in [1.165, 1.54) is 0 Å². The predicted octanol–water partition coefficient (Wildman–Crippen LogP) is 1.02. The molecule has 1 N–H and O–H groups in total. The van der Waals surface area contributed by atoms with E-state index in [0.29, 0.717) is 45.7 Å². The number of nitrogens with zero attached hydrogens (tertiary/aromatic N) is 2. The fraction of sp³-hybridized carbons (Fsp3) is 0.846. The van der Waals surface area contributed by atoms with E-state index < -0.39 is 11.4 Å². The lowest BCUT2D eigenvalue weighted by Crippen LogP contribution is -2.50. The third-order valence-corrected chi connectivity index (χ3v) is 4.15. The molecule has 0 aromatic heterocycles. The molecule has 108 valence electrons. The number of carboxylic acid groups (broad SMARTS) is 1. The summed E-state index contributed by atoms with van der Waals surface area (Å²) in [5, 5.41) is 9.18. The summed E-state index contributed by atoms with van der Waals surface area (Å²) in [6.07, 6.45) is 1.92. The number of carbonyl (C=O) groups is 2. The largest absolute Gasteiger partial charge is 0.481 e. The summed E-state index contributed by atoms with van der Waals surface area (Å²) in [6, 6.07) is 0.0259. The zero-order chi connectivity index (χ0) is 13.9. The molecule has 2 fully saturated rings. The number of amides is 2. The summed E-state index contributed by atoms with van der Waals surface area (Å²) in [6.45, 7) is 5.47. The maximum atomic E-state index is 12.3. The molecule has 6 nitrogen and oxygen atoms in total. The van der Waals surface area contributed by atoms with Gasteiger partial charge in [-0.2, -0.15) is 0 Å². The molecular formula is C13H22N2O4. The Morgan fingerprint density at radius 2 is 1.68 bits per heavy atom. The lowest BCUT2D eigenvalue weighted by atomic mass is 9.80. The topological polar surface area (TPSA) is 70.1 Å². The van der Waals surface area contributed by atoms with Crippen LogP contribution in [-0.4, -0.2) is 66.3 Å². The minimum absolute atomic E-state index is 0.0259. The highest BCUT2D eigenvalue weighted by Gasteiger charge is 2.38. The molecule has 2 heterocycles. The van der Waals surface area contributed by atoms with Crippen LogP contribution in [0.5, 0.6) is 0 Å². The quantitative estimate of drug-likeness (QED) is 0.772. The first-order valence-corrected chi connectivity index (χ1v) is 6.88. The molecule has 0 aliphatic carbocycles. The Kier molecular flexibility index (Phi) is 4.29. The third kappa shape index (κ3) is 3.18. The molecule has 0 saturated carbocycles. The fourth-order valence-electron chi connectivity index (χ4n) is 2.54. The van der Waals surface area contributed by atoms with Gasteiger partial charge >= 0.3 is 12.0 Å². The van der Waals surface area contributed by atoms with Gasteiger partial charge in [-0.15, -0.1) is 0 Å². The highest BCUT2D eigenvalue weighted by Crippen LogP contribution is 2.31. The second-order valence-electron chi connectivity index (χ2n) is 5.59. The van der Waals surface area contributed by atoms with E-state index in [9.17, 15) is 14.7 Å². The van der Waals surface area contributed by atoms with E-state index in [0.717, 1.165) is 13.0 Å². The standard InChI is InChI=1S/C13H22N2O4/c1-13(11(16)17)3-6-15(7-4-13)12(18)14-5-2-9-19-10-8-14/h2-10H2,1H3,(H,16,17). The molecule has 0 spiro atoms. The summed E-state index contributed by atoms with van der Waals surface area (Å²) < 4.78 is 5.34. The zero-order valence-electron chi connectivity index (χ0n) is 11.4. The molecule has 0 aromatic rings. The molecule has 2 saturated heterocycles. The average Bonchev–Trinajstić information content (AvgIpc) is 2.67. The number of hydrogen-bond acceptors (Lipinski definition) is 3. The molecular weight excluding hydrogens is 248 g/mol. The summed E-state index contributed by atoms with van der Waals surface area (Å²) in [7, 11) is 0. The molecule has 0 aromatic carbocycles. The van der Waals surface area contributed by atoms with E-state index in [2.05, 4.69) is 0 Å². The van der Waals surface area contributed by atoms with Gasteiger partial charge in [0.1, 0.15) is 0 Å². The van der Waals surface area contributed by atoms with Crippen molar-refractivity contribution < 1.29 is 19.4 Å². The number of piperidine rings is 1. The number of likely N-dealkylation sites (tertiary alicyclic amines) is 1. The Morgan fingerprint density at radius 1 is 1.05 bits per heavy atom. The molecule has 0 bridgehead atoms. The van der Waals surface area contributed by atoms with Gasteiger partial charge < -0.3 is 19.6 Å². The minimum Gasteiger partial charge on any atom is -0.481 e. The number of aliphatic carboxylic acids is 1. The van der Waals surface area contributed by atoms with Crippen molar-refractivity contribution >= 4 is 12.0 Å². The molecule has 2 aliphatic heterocycles. The molecule has 0 unspecified atom stereocenters. The van der Waals surface area contributed by atoms with Gasteiger partial charge in [-0.05, 0) is 26.2 Å². The number of rotatable bonds is 1. The van der Waals surface area contributed by atoms with Gasteiger partial charge in [0.05, 0.1) is 12.0 Å². The molecule has 2 amide bonds. The SMILES string of the molecule is CC1(C(=O)O)CCN(C(=O)N2CCCOCC2)CC1. The van der Waals surface area contributed by atoms with Crippen molar-refractivity contribution in [1.82, 2.24) is 9.80 Å². The first kappa shape index (κ1) is 14.1. The van der Waals surface area contributed by atoms with Crippen LogP contribution in [0.1, 0.15) is 26.2 Å². The molecule has 2 aliphatic rings. The number of urea groups is 1. The van der Waals surface area contributed by atoms with Crippen molar-refractivity contribution in [2.24, 2.45) is 5.41 Å². The lowest BCUT2D eigenvalue weighted by molar-refractivity contribution is -0.150. The predicted molar refractivity (Wildman–Crippen MR) is 69.0 cm³/mol. The van der Waals surface area contributed by atoms with Crippen LogP contribution in [0, 0.1) is 5.41 Å². The zero-order valence-corrected chi connectivity index (χ0v) is 11.4. The molecule has 19 heavy (non-hydrogen) atoms. The van der Waals surface area contributed by atoms with E-state index in [1.807, 2.05) is 4.90 Å². The molecule has 2 rings (SSSR count). The van der Waals surface area contributed by atoms with Gasteiger partial charge in [-0.1, -0.05) is 0 Å². The van der Waals surface area contributed by atoms with Crippen LogP contribution in [0.2, 0.25) is 0 Å². The summed E-state index contributed by atoms with van der Waals surface area (Å²) >= 11 is 0. The van der Waals surface area contributed by atoms with Gasteiger partial charge in [-0.3, -0.25) is 4.79 Å². The monoisotopic (exact) mass is 270 g/mol. The van der Waals surface area contributed by atoms with E-state index in [4.69, 9.17) is 4.74 Å². The first-order valence-electron chi connectivity index (χ1n) is 6.88. The van der Waals surface area contributed by atoms with Gasteiger partial charge in [-0.25, -0.2) is 4.79 Å². The van der Waals surface area contributed by atoms with Crippen LogP contribution in [0.3, 0.4) is 0 Å². The summed E-state index contributed by atoms with van der Waals surface area (Å²) in [4.78, 5) is 27.1. The van der Waals surface area contributed by atoms with Crippen LogP contribution >= 0.6 is 0 Å². The molecule has 0 radical (unpaired) electrons. The normalized spacial score (nSPS) is 23.8. The number of carbonyl (C=O) groups excluding carboxylic acids is 1. The Labute approximate surface area is 113 Å². The maximum Gasteiger partial charge on any atom is 0.320 e. The highest BCUT2D eigenvalue weighted by atomic mass is 16.5. The Balaban J connectivity index is 1.90. The van der Waals surface area contributed by atoms with Crippen molar-refractivity contribution in [1.29, 1.82) is 0 Å². The second kappa shape index (κ2) is 5.77. The highest BCUT2D eigenvalue weighted by molar-refractivity contribution is 5.77. The average molecular weight is 270 g/mol. The van der Waals surface area contributed by atoms with Crippen molar-refractivity contribution in [3.63, 3.8) is 0 Å². The Bertz CT molecular complexity index is 343. The molecule has 6 heteroatoms. The first-order chi connectivity index (χ1) is 9.03. The van der Waals surface area contributed by atoms with E-state index >= 15 is 0 Å². The van der Waals surface area contributed by atoms with Gasteiger partial charge in [0.15, 0.2) is 0 Å². The van der Waals surface area contributed by atoms with Crippen LogP contribution in [-0.2, 0) is 9.53 Å². The third-order valence-electron chi connectivity index (χ3n) is 4.15. The second-order valence-corrected chi connectivity index (χ2v) is 5.59. The lowest BCUT2D eigenvalue weighted by Gasteiger charge is -2.38. The van der Waals surface area contributed by atoms with Gasteiger partial charge in [0.25, 0.3) is 0 Å². The Morgan fingerprint density at radius 3 is 2.32 bits per heavy atom. The van der Waals surface area contributed by atoms with Crippen LogP contribution in [0.15, 0.2) is 0 Å². The maximum absolute atomic E-state index is 12.3. The minimum atomic E-state index is -0.761. The Hall–Kier alpha value is -1.30. The fourth-order valence-corrected chi connectivity index (χ4v) is 2.54. The van der Waals surface area contributed by atoms with Crippen LogP contribution in [0.25, 0.3) is 0 Å². The van der Waals surface area contributed by atoms with E-state index in [1.54, 1.807) is 11.8 Å². The van der Waals surface area contributed by atoms with Crippen molar-refractivity contribution in [3.05, 3.63) is 0 Å². The number of carboxylic acids is 1. The number of ether oxygens (including phenoxy) is 1. The van der Waals surface area contributed by atoms with Crippen molar-refractivity contribution in [2.45, 2.75) is 26.2 Å². The van der Waals surface area contributed by atoms with Crippen molar-refractivity contribution in [2.75, 3.05) is 39.4 Å². The summed E-state index contributed by atoms with van der Waals surface area (Å²) in [5.74, 6) is -0.761. The molecule has 0 atom stereocenters.